The van der Waals surface area contributed by atoms with Crippen LogP contribution in [0.1, 0.15) is 13.8 Å². The molecule has 0 fully saturated rings. The third-order valence-electron chi connectivity index (χ3n) is 0.792. The normalized spacial score (nSPS) is 12.2. The van der Waals surface area contributed by atoms with E-state index in [-0.39, 0.29) is 0 Å². The Kier molecular flexibility index (Phi) is 20.9. The first-order valence-corrected chi connectivity index (χ1v) is 5.90. The number of hydrogen-bond acceptors (Lipinski definition) is 4. The maximum Gasteiger partial charge on any atom is 0.239 e. The van der Waals surface area contributed by atoms with Gasteiger partial charge in [-0.05, 0) is 37.0 Å². The van der Waals surface area contributed by atoms with Gasteiger partial charge in [-0.25, -0.2) is 0 Å². The smallest absolute Gasteiger partial charge is 0.239 e. The topological polar surface area (TPSA) is 86.2 Å². The van der Waals surface area contributed by atoms with E-state index in [9.17, 15) is 9.59 Å². The average Bonchev–Trinajstić information content (AvgIpc) is 2.18. The van der Waals surface area contributed by atoms with Gasteiger partial charge in [0.2, 0.25) is 10.5 Å². The number of carbonyl (C=O) groups is 2. The van der Waals surface area contributed by atoms with E-state index in [2.05, 4.69) is 0 Å². The molecule has 0 aromatic carbocycles. The Hall–Kier alpha value is 0.420. The van der Waals surface area contributed by atoms with E-state index in [1.165, 1.54) is 13.8 Å². The van der Waals surface area contributed by atoms with Crippen LogP contribution >= 0.6 is 46.4 Å². The van der Waals surface area contributed by atoms with Crippen LogP contribution in [0.5, 0.6) is 0 Å². The van der Waals surface area contributed by atoms with E-state index in [0.717, 1.165) is 0 Å². The van der Waals surface area contributed by atoms with E-state index >= 15 is 0 Å². The van der Waals surface area contributed by atoms with E-state index in [0.29, 0.717) is 13.1 Å². The molecular formula is C8H16Cl4N2O2. The number of halogens is 4. The second-order valence-corrected chi connectivity index (χ2v) is 4.47. The molecule has 0 aliphatic rings. The van der Waals surface area contributed by atoms with Crippen molar-refractivity contribution in [2.24, 2.45) is 11.5 Å². The molecule has 0 saturated heterocycles. The van der Waals surface area contributed by atoms with Gasteiger partial charge in [-0.2, -0.15) is 0 Å². The number of rotatable bonds is 3. The van der Waals surface area contributed by atoms with Crippen molar-refractivity contribution in [2.45, 2.75) is 24.6 Å². The lowest BCUT2D eigenvalue weighted by Gasteiger charge is -1.85. The molecule has 0 amide bonds. The van der Waals surface area contributed by atoms with Crippen LogP contribution < -0.4 is 11.5 Å². The molecule has 0 saturated carbocycles. The lowest BCUT2D eigenvalue weighted by atomic mass is 10.5. The molecule has 0 spiro atoms. The van der Waals surface area contributed by atoms with Crippen molar-refractivity contribution in [3.05, 3.63) is 0 Å². The van der Waals surface area contributed by atoms with Crippen molar-refractivity contribution >= 4 is 56.9 Å². The minimum absolute atomic E-state index is 0.503. The molecule has 2 atom stereocenters. The third kappa shape index (κ3) is 29.3. The van der Waals surface area contributed by atoms with E-state index in [4.69, 9.17) is 57.9 Å². The molecule has 0 aromatic rings. The van der Waals surface area contributed by atoms with Gasteiger partial charge < -0.3 is 11.5 Å². The molecule has 0 heterocycles. The van der Waals surface area contributed by atoms with Crippen LogP contribution in [-0.4, -0.2) is 34.3 Å². The highest BCUT2D eigenvalue weighted by molar-refractivity contribution is 6.69. The van der Waals surface area contributed by atoms with Gasteiger partial charge in [-0.3, -0.25) is 9.59 Å². The van der Waals surface area contributed by atoms with Crippen molar-refractivity contribution in [1.29, 1.82) is 0 Å². The van der Waals surface area contributed by atoms with E-state index in [1.807, 2.05) is 0 Å². The summed E-state index contributed by atoms with van der Waals surface area (Å²) in [5.41, 5.74) is 9.81. The molecule has 98 valence electrons. The number of alkyl halides is 2. The predicted molar refractivity (Wildman–Crippen MR) is 70.5 cm³/mol. The van der Waals surface area contributed by atoms with Gasteiger partial charge in [0, 0.05) is 13.1 Å². The van der Waals surface area contributed by atoms with Crippen molar-refractivity contribution in [3.63, 3.8) is 0 Å². The highest BCUT2D eigenvalue weighted by atomic mass is 35.5. The molecule has 4 nitrogen and oxygen atoms in total. The summed E-state index contributed by atoms with van der Waals surface area (Å²) in [5, 5.41) is -2.10. The van der Waals surface area contributed by atoms with Crippen LogP contribution in [0, 0.1) is 0 Å². The largest absolute Gasteiger partial charge is 0.329 e. The average molecular weight is 314 g/mol. The molecule has 16 heavy (non-hydrogen) atoms. The van der Waals surface area contributed by atoms with Gasteiger partial charge in [0.25, 0.3) is 0 Å². The Morgan fingerprint density at radius 3 is 1.06 bits per heavy atom. The fourth-order valence-electron chi connectivity index (χ4n) is 0. The van der Waals surface area contributed by atoms with Crippen LogP contribution in [0.4, 0.5) is 0 Å². The van der Waals surface area contributed by atoms with Crippen molar-refractivity contribution in [1.82, 2.24) is 0 Å². The van der Waals surface area contributed by atoms with Crippen molar-refractivity contribution in [2.75, 3.05) is 13.1 Å². The zero-order valence-electron chi connectivity index (χ0n) is 9.05. The Morgan fingerprint density at radius 2 is 1.06 bits per heavy atom. The lowest BCUT2D eigenvalue weighted by Crippen LogP contribution is -2.11. The fraction of sp³-hybridized carbons (Fsp3) is 0.750. The zero-order valence-corrected chi connectivity index (χ0v) is 12.1. The molecule has 2 unspecified atom stereocenters. The molecule has 0 aliphatic heterocycles. The third-order valence-corrected chi connectivity index (χ3v) is 2.07. The predicted octanol–water partition coefficient (Wildman–Crippen LogP) is 1.66. The van der Waals surface area contributed by atoms with Crippen LogP contribution in [-0.2, 0) is 9.59 Å². The SMILES string of the molecule is CC(Cl)C(=O)Cl.CC(Cl)C(=O)Cl.NCCN. The van der Waals surface area contributed by atoms with Gasteiger partial charge >= 0.3 is 0 Å². The molecular weight excluding hydrogens is 298 g/mol. The summed E-state index contributed by atoms with van der Waals surface area (Å²) in [6.45, 7) is 4.24. The first kappa shape index (κ1) is 21.7. The molecule has 8 heteroatoms. The summed E-state index contributed by atoms with van der Waals surface area (Å²) < 4.78 is 0. The van der Waals surface area contributed by atoms with Gasteiger partial charge in [0.15, 0.2) is 0 Å². The second kappa shape index (κ2) is 15.4. The summed E-state index contributed by atoms with van der Waals surface area (Å²) in [5.74, 6) is 0. The Bertz CT molecular complexity index is 169. The zero-order chi connectivity index (χ0) is 13.7. The van der Waals surface area contributed by atoms with Crippen molar-refractivity contribution in [3.8, 4) is 0 Å². The monoisotopic (exact) mass is 312 g/mol. The molecule has 4 N–H and O–H groups in total. The molecule has 0 aromatic heterocycles. The van der Waals surface area contributed by atoms with Crippen LogP contribution in [0.2, 0.25) is 0 Å². The number of nitrogens with two attached hydrogens (primary N) is 2. The summed E-state index contributed by atoms with van der Waals surface area (Å²) in [4.78, 5) is 19.6. The maximum absolute atomic E-state index is 9.78. The van der Waals surface area contributed by atoms with Crippen LogP contribution in [0.15, 0.2) is 0 Å². The van der Waals surface area contributed by atoms with Crippen LogP contribution in [0.25, 0.3) is 0 Å². The van der Waals surface area contributed by atoms with E-state index in [1.54, 1.807) is 0 Å². The quantitative estimate of drug-likeness (QED) is 0.613. The maximum atomic E-state index is 9.78. The van der Waals surface area contributed by atoms with Gasteiger partial charge in [0.1, 0.15) is 10.8 Å². The molecule has 0 bridgehead atoms. The van der Waals surface area contributed by atoms with Crippen LogP contribution in [0.3, 0.4) is 0 Å². The summed E-state index contributed by atoms with van der Waals surface area (Å²) in [6.07, 6.45) is 0. The van der Waals surface area contributed by atoms with Gasteiger partial charge in [-0.1, -0.05) is 0 Å². The Morgan fingerprint density at radius 1 is 0.938 bits per heavy atom. The molecule has 0 radical (unpaired) electrons. The van der Waals surface area contributed by atoms with Gasteiger partial charge in [0.05, 0.1) is 0 Å². The minimum Gasteiger partial charge on any atom is -0.329 e. The minimum atomic E-state index is -0.549. The van der Waals surface area contributed by atoms with Gasteiger partial charge in [-0.15, -0.1) is 23.2 Å². The number of hydrogen-bond donors (Lipinski definition) is 2. The standard InChI is InChI=1S/2C3H4Cl2O.C2H8N2/c2*1-2(4)3(5)6;3-1-2-4/h2*2H,1H3;1-4H2. The first-order chi connectivity index (χ1) is 7.20. The number of carbonyl (C=O) groups excluding carboxylic acids is 2. The lowest BCUT2D eigenvalue weighted by molar-refractivity contribution is -0.111. The Labute approximate surface area is 116 Å². The second-order valence-electron chi connectivity index (χ2n) is 2.42. The van der Waals surface area contributed by atoms with E-state index < -0.39 is 21.2 Å². The summed E-state index contributed by atoms with van der Waals surface area (Å²) in [7, 11) is 0. The van der Waals surface area contributed by atoms with Crippen molar-refractivity contribution < 1.29 is 9.59 Å². The molecule has 0 rings (SSSR count). The highest BCUT2D eigenvalue weighted by Gasteiger charge is 2.01. The fourth-order valence-corrected chi connectivity index (χ4v) is 0. The highest BCUT2D eigenvalue weighted by Crippen LogP contribution is 1.97. The molecule has 0 aliphatic carbocycles. The Balaban J connectivity index is -0.000000162. The summed E-state index contributed by atoms with van der Waals surface area (Å²) in [6, 6.07) is 0. The summed E-state index contributed by atoms with van der Waals surface area (Å²) >= 11 is 19.9. The first-order valence-electron chi connectivity index (χ1n) is 4.27.